The molecule has 3 aromatic heterocycles. The molecule has 0 radical (unpaired) electrons. The van der Waals surface area contributed by atoms with E-state index >= 15 is 0 Å². The summed E-state index contributed by atoms with van der Waals surface area (Å²) < 4.78 is 8.16. The summed E-state index contributed by atoms with van der Waals surface area (Å²) in [5.41, 5.74) is 6.44. The number of hydrogen-bond acceptors (Lipinski definition) is 3. The molecule has 0 N–H and O–H groups in total. The molecule has 0 aromatic carbocycles. The van der Waals surface area contributed by atoms with Gasteiger partial charge in [0.2, 0.25) is 5.71 Å². The fourth-order valence-corrected chi connectivity index (χ4v) is 3.41. The van der Waals surface area contributed by atoms with Gasteiger partial charge in [0, 0.05) is 34.1 Å². The number of nitrogens with zero attached hydrogens (tertiary/aromatic N) is 3. The van der Waals surface area contributed by atoms with Crippen molar-refractivity contribution in [3.05, 3.63) is 51.9 Å². The van der Waals surface area contributed by atoms with E-state index in [2.05, 4.69) is 72.8 Å². The number of hydrogen-bond donors (Lipinski definition) is 0. The largest absolute Gasteiger partial charge is 0.436 e. The summed E-state index contributed by atoms with van der Waals surface area (Å²) in [6.07, 6.45) is 4.27. The third-order valence-corrected chi connectivity index (χ3v) is 4.93. The van der Waals surface area contributed by atoms with Crippen LogP contribution < -0.4 is 20.8 Å². The van der Waals surface area contributed by atoms with E-state index < -0.39 is 0 Å². The Labute approximate surface area is 141 Å². The van der Waals surface area contributed by atoms with E-state index in [0.29, 0.717) is 5.71 Å². The fourth-order valence-electron chi connectivity index (χ4n) is 3.41. The number of aromatic nitrogens is 2. The first-order valence-electron chi connectivity index (χ1n) is 8.22. The van der Waals surface area contributed by atoms with E-state index in [9.17, 15) is 0 Å². The molecule has 0 unspecified atom stereocenters. The van der Waals surface area contributed by atoms with Gasteiger partial charge >= 0.3 is 6.85 Å². The lowest BCUT2D eigenvalue weighted by atomic mass is 9.55. The van der Waals surface area contributed by atoms with Crippen LogP contribution in [0.5, 0.6) is 0 Å². The molecule has 0 saturated heterocycles. The zero-order valence-corrected chi connectivity index (χ0v) is 14.8. The van der Waals surface area contributed by atoms with Crippen LogP contribution in [0.15, 0.2) is 28.8 Å². The van der Waals surface area contributed by atoms with Gasteiger partial charge in [-0.3, -0.25) is 0 Å². The molecular weight excluding hydrogens is 297 g/mol. The molecule has 1 aliphatic rings. The maximum atomic E-state index is 5.95. The summed E-state index contributed by atoms with van der Waals surface area (Å²) in [7, 11) is 4.20. The Balaban J connectivity index is 1.96. The van der Waals surface area contributed by atoms with Gasteiger partial charge in [-0.25, -0.2) is 9.55 Å². The molecule has 0 atom stereocenters. The Morgan fingerprint density at radius 1 is 1.17 bits per heavy atom. The van der Waals surface area contributed by atoms with Crippen molar-refractivity contribution >= 4 is 35.7 Å². The minimum absolute atomic E-state index is 0.170. The number of furan rings is 1. The van der Waals surface area contributed by atoms with Crippen molar-refractivity contribution in [3.8, 4) is 0 Å². The molecule has 3 aromatic rings. The highest BCUT2D eigenvalue weighted by Gasteiger charge is 2.30. The first-order chi connectivity index (χ1) is 11.4. The van der Waals surface area contributed by atoms with E-state index in [1.54, 1.807) is 0 Å². The van der Waals surface area contributed by atoms with Gasteiger partial charge in [-0.05, 0) is 45.5 Å². The fraction of sp³-hybridized carbons (Fsp3) is 0.263. The Morgan fingerprint density at radius 3 is 2.75 bits per heavy atom. The third kappa shape index (κ3) is 2.23. The van der Waals surface area contributed by atoms with E-state index in [-0.39, 0.29) is 6.85 Å². The molecule has 120 valence electrons. The molecule has 4 nitrogen and oxygen atoms in total. The SMILES string of the molecule is Cc1ccc2c3c(oc2n1)=CN(C)B(c1cc(C)c(C)c[n+]1C)C=3. The number of pyridine rings is 2. The van der Waals surface area contributed by atoms with Gasteiger partial charge in [0.05, 0.1) is 0 Å². The monoisotopic (exact) mass is 318 g/mol. The summed E-state index contributed by atoms with van der Waals surface area (Å²) in [5, 5.41) is 2.22. The molecule has 0 aliphatic carbocycles. The van der Waals surface area contributed by atoms with Crippen LogP contribution >= 0.6 is 0 Å². The van der Waals surface area contributed by atoms with Crippen molar-refractivity contribution in [1.29, 1.82) is 0 Å². The zero-order chi connectivity index (χ0) is 17.0. The lowest BCUT2D eigenvalue weighted by molar-refractivity contribution is -0.654. The lowest BCUT2D eigenvalue weighted by Gasteiger charge is -2.21. The van der Waals surface area contributed by atoms with Gasteiger partial charge < -0.3 is 9.23 Å². The normalized spacial score (nSPS) is 13.7. The van der Waals surface area contributed by atoms with E-state index in [0.717, 1.165) is 21.7 Å². The van der Waals surface area contributed by atoms with Crippen LogP contribution in [0.25, 0.3) is 23.3 Å². The Hall–Kier alpha value is -2.56. The molecule has 0 bridgehead atoms. The van der Waals surface area contributed by atoms with Gasteiger partial charge in [-0.15, -0.1) is 0 Å². The second-order valence-electron chi connectivity index (χ2n) is 6.77. The molecule has 24 heavy (non-hydrogen) atoms. The van der Waals surface area contributed by atoms with Gasteiger partial charge in [0.1, 0.15) is 7.05 Å². The van der Waals surface area contributed by atoms with E-state index in [1.165, 1.54) is 16.7 Å². The highest BCUT2D eigenvalue weighted by Crippen LogP contribution is 2.09. The van der Waals surface area contributed by atoms with Gasteiger partial charge in [0.25, 0.3) is 0 Å². The van der Waals surface area contributed by atoms with Crippen molar-refractivity contribution < 1.29 is 8.98 Å². The Bertz CT molecular complexity index is 1080. The molecular formula is C19H21BN3O+. The van der Waals surface area contributed by atoms with Crippen molar-refractivity contribution in [2.75, 3.05) is 7.05 Å². The highest BCUT2D eigenvalue weighted by atomic mass is 16.3. The molecule has 0 fully saturated rings. The highest BCUT2D eigenvalue weighted by molar-refractivity contribution is 6.82. The Kier molecular flexibility index (Phi) is 3.27. The van der Waals surface area contributed by atoms with Crippen LogP contribution in [-0.4, -0.2) is 23.7 Å². The van der Waals surface area contributed by atoms with Gasteiger partial charge in [0.15, 0.2) is 17.2 Å². The zero-order valence-electron chi connectivity index (χ0n) is 14.8. The number of fused-ring (bicyclic) bond motifs is 3. The molecule has 4 heterocycles. The molecule has 5 heteroatoms. The first kappa shape index (κ1) is 15.0. The van der Waals surface area contributed by atoms with Crippen LogP contribution in [0, 0.1) is 20.8 Å². The van der Waals surface area contributed by atoms with Crippen LogP contribution in [0.4, 0.5) is 0 Å². The molecule has 0 amide bonds. The predicted molar refractivity (Wildman–Crippen MR) is 97.2 cm³/mol. The van der Waals surface area contributed by atoms with Gasteiger partial charge in [-0.2, -0.15) is 0 Å². The molecule has 4 rings (SSSR count). The summed E-state index contributed by atoms with van der Waals surface area (Å²) in [4.78, 5) is 6.71. The lowest BCUT2D eigenvalue weighted by Crippen LogP contribution is -2.61. The van der Waals surface area contributed by atoms with E-state index in [4.69, 9.17) is 4.42 Å². The summed E-state index contributed by atoms with van der Waals surface area (Å²) in [6, 6.07) is 6.42. The van der Waals surface area contributed by atoms with Crippen molar-refractivity contribution in [2.45, 2.75) is 20.8 Å². The average molecular weight is 318 g/mol. The van der Waals surface area contributed by atoms with Crippen LogP contribution in [0.1, 0.15) is 16.8 Å². The molecule has 1 aliphatic heterocycles. The number of rotatable bonds is 1. The van der Waals surface area contributed by atoms with Crippen molar-refractivity contribution in [1.82, 2.24) is 9.79 Å². The third-order valence-electron chi connectivity index (χ3n) is 4.93. The minimum atomic E-state index is 0.170. The topological polar surface area (TPSA) is 33.2 Å². The van der Waals surface area contributed by atoms with Crippen LogP contribution in [-0.2, 0) is 7.05 Å². The maximum absolute atomic E-state index is 5.95. The van der Waals surface area contributed by atoms with Crippen LogP contribution in [0.3, 0.4) is 0 Å². The standard InChI is InChI=1S/C19H21BN3O/c1-12-8-18(22(4)10-13(12)2)20-9-16-15-7-6-14(3)21-19(15)24-17(16)11-23(20)5/h6-11H,1-5H3/q+1. The Morgan fingerprint density at radius 2 is 1.96 bits per heavy atom. The second-order valence-corrected chi connectivity index (χ2v) is 6.77. The summed E-state index contributed by atoms with van der Waals surface area (Å²) >= 11 is 0. The second kappa shape index (κ2) is 5.23. The summed E-state index contributed by atoms with van der Waals surface area (Å²) in [6.45, 7) is 6.47. The van der Waals surface area contributed by atoms with E-state index in [1.807, 2.05) is 13.0 Å². The average Bonchev–Trinajstić information content (AvgIpc) is 2.86. The molecule has 0 spiro atoms. The first-order valence-corrected chi connectivity index (χ1v) is 8.22. The smallest absolute Gasteiger partial charge is 0.396 e. The quantitative estimate of drug-likeness (QED) is 0.483. The van der Waals surface area contributed by atoms with Crippen molar-refractivity contribution in [3.63, 3.8) is 0 Å². The van der Waals surface area contributed by atoms with Gasteiger partial charge in [-0.1, -0.05) is 5.98 Å². The maximum Gasteiger partial charge on any atom is 0.396 e. The predicted octanol–water partition coefficient (Wildman–Crippen LogP) is 0.479. The van der Waals surface area contributed by atoms with Crippen molar-refractivity contribution in [2.24, 2.45) is 7.05 Å². The molecule has 0 saturated carbocycles. The number of aryl methyl sites for hydroxylation is 4. The summed E-state index contributed by atoms with van der Waals surface area (Å²) in [5.74, 6) is 2.28. The minimum Gasteiger partial charge on any atom is -0.436 e. The van der Waals surface area contributed by atoms with Crippen LogP contribution in [0.2, 0.25) is 0 Å².